The molecule has 6 rings (SSSR count). The zero-order chi connectivity index (χ0) is 35.8. The Kier molecular flexibility index (Phi) is 9.56. The van der Waals surface area contributed by atoms with Crippen LogP contribution < -0.4 is 10.2 Å². The molecule has 10 nitrogen and oxygen atoms in total. The van der Waals surface area contributed by atoms with Gasteiger partial charge in [0.15, 0.2) is 5.82 Å². The largest absolute Gasteiger partial charge is 0.416 e. The molecule has 0 aliphatic carbocycles. The first-order chi connectivity index (χ1) is 23.7. The zero-order valence-corrected chi connectivity index (χ0v) is 27.1. The molecule has 0 radical (unpaired) electrons. The number of nitrogens with zero attached hydrogens (tertiary/aromatic N) is 7. The summed E-state index contributed by atoms with van der Waals surface area (Å²) >= 11 is 0. The highest BCUT2D eigenvalue weighted by Crippen LogP contribution is 2.42. The number of amides is 1. The number of hydrogen-bond acceptors (Lipinski definition) is 8. The molecule has 1 saturated heterocycles. The van der Waals surface area contributed by atoms with Crippen molar-refractivity contribution in [3.05, 3.63) is 76.6 Å². The van der Waals surface area contributed by atoms with E-state index in [1.165, 1.54) is 35.2 Å². The molecule has 2 aromatic heterocycles. The van der Waals surface area contributed by atoms with Gasteiger partial charge in [-0.05, 0) is 78.1 Å². The number of pyridine rings is 1. The lowest BCUT2D eigenvalue weighted by Crippen LogP contribution is -2.40. The molecular weight excluding hydrogens is 666 g/mol. The van der Waals surface area contributed by atoms with E-state index in [0.717, 1.165) is 23.1 Å². The highest BCUT2D eigenvalue weighted by atomic mass is 19.4. The number of anilines is 2. The van der Waals surface area contributed by atoms with Crippen molar-refractivity contribution in [2.75, 3.05) is 36.5 Å². The average Bonchev–Trinajstić information content (AvgIpc) is 3.64. The molecule has 1 amide bonds. The number of aromatic nitrogens is 4. The minimum Gasteiger partial charge on any atom is -0.376 e. The van der Waals surface area contributed by atoms with Gasteiger partial charge in [0.05, 0.1) is 36.5 Å². The third kappa shape index (κ3) is 7.29. The summed E-state index contributed by atoms with van der Waals surface area (Å²) in [4.78, 5) is 21.6. The van der Waals surface area contributed by atoms with E-state index in [4.69, 9.17) is 10.00 Å². The van der Waals surface area contributed by atoms with Gasteiger partial charge in [-0.25, -0.2) is 4.98 Å². The molecule has 0 bridgehead atoms. The molecule has 0 spiro atoms. The van der Waals surface area contributed by atoms with Crippen LogP contribution >= 0.6 is 0 Å². The Labute approximate surface area is 283 Å². The third-order valence-electron chi connectivity index (χ3n) is 8.61. The van der Waals surface area contributed by atoms with Gasteiger partial charge < -0.3 is 14.6 Å². The summed E-state index contributed by atoms with van der Waals surface area (Å²) in [6.45, 7) is 3.34. The fraction of sp³-hybridized carbons (Fsp3) is 0.382. The Morgan fingerprint density at radius 2 is 1.84 bits per heavy atom. The van der Waals surface area contributed by atoms with Gasteiger partial charge in [0.2, 0.25) is 0 Å². The monoisotopic (exact) mass is 698 g/mol. The van der Waals surface area contributed by atoms with E-state index in [2.05, 4.69) is 20.5 Å². The highest BCUT2D eigenvalue weighted by molar-refractivity contribution is 6.10. The number of ether oxygens (including phenoxy) is 1. The normalized spacial score (nSPS) is 16.8. The summed E-state index contributed by atoms with van der Waals surface area (Å²) in [6, 6.07) is 10.6. The van der Waals surface area contributed by atoms with E-state index in [9.17, 15) is 31.1 Å². The number of rotatable bonds is 9. The number of aryl methyl sites for hydroxylation is 1. The Hall–Kier alpha value is -5.01. The molecule has 0 unspecified atom stereocenters. The molecule has 2 aliphatic rings. The molecule has 2 aliphatic heterocycles. The number of carbonyl (C=O) groups is 1. The predicted octanol–water partition coefficient (Wildman–Crippen LogP) is 6.68. The number of fused-ring (bicyclic) bond motifs is 1. The van der Waals surface area contributed by atoms with Crippen LogP contribution in [-0.4, -0.2) is 62.9 Å². The van der Waals surface area contributed by atoms with Crippen molar-refractivity contribution in [3.63, 3.8) is 0 Å². The Bertz CT molecular complexity index is 1950. The minimum absolute atomic E-state index is 0.0653. The molecule has 1 atom stereocenters. The first-order valence-corrected chi connectivity index (χ1v) is 15.8. The fourth-order valence-electron chi connectivity index (χ4n) is 6.26. The van der Waals surface area contributed by atoms with E-state index < -0.39 is 35.9 Å². The van der Waals surface area contributed by atoms with E-state index in [1.807, 2.05) is 17.9 Å². The maximum atomic E-state index is 14.5. The van der Waals surface area contributed by atoms with Crippen LogP contribution in [0.2, 0.25) is 0 Å². The summed E-state index contributed by atoms with van der Waals surface area (Å²) in [7, 11) is 1.63. The van der Waals surface area contributed by atoms with Crippen molar-refractivity contribution in [1.29, 1.82) is 5.26 Å². The van der Waals surface area contributed by atoms with Gasteiger partial charge in [0.1, 0.15) is 18.0 Å². The molecule has 2 aromatic carbocycles. The van der Waals surface area contributed by atoms with Crippen molar-refractivity contribution < 1.29 is 35.9 Å². The average molecular weight is 699 g/mol. The SMILES string of the molecule is C[C@@H]1CN(Cc2cc3c(c(C(F)(F)F)c2)CN(c2cc(-c4cc(C(F)(F)F)ccc4-c4nncn4C)cc(NCCCC#N)n2)C3=O)CCO1. The van der Waals surface area contributed by atoms with Crippen molar-refractivity contribution in [2.24, 2.45) is 7.05 Å². The first-order valence-electron chi connectivity index (χ1n) is 15.8. The third-order valence-corrected chi connectivity index (χ3v) is 8.61. The number of benzene rings is 2. The Balaban J connectivity index is 1.45. The second-order valence-electron chi connectivity index (χ2n) is 12.3. The van der Waals surface area contributed by atoms with Crippen LogP contribution in [0.5, 0.6) is 0 Å². The smallest absolute Gasteiger partial charge is 0.376 e. The second-order valence-corrected chi connectivity index (χ2v) is 12.3. The van der Waals surface area contributed by atoms with Gasteiger partial charge in [0, 0.05) is 50.8 Å². The first kappa shape index (κ1) is 34.8. The van der Waals surface area contributed by atoms with Gasteiger partial charge in [-0.1, -0.05) is 0 Å². The van der Waals surface area contributed by atoms with Gasteiger partial charge >= 0.3 is 12.4 Å². The molecular formula is C34H32F6N8O2. The topological polar surface area (TPSA) is 112 Å². The summed E-state index contributed by atoms with van der Waals surface area (Å²) in [5.41, 5.74) is -1.31. The molecule has 0 saturated carbocycles. The molecule has 1 fully saturated rings. The lowest BCUT2D eigenvalue weighted by atomic mass is 9.96. The molecule has 50 heavy (non-hydrogen) atoms. The maximum Gasteiger partial charge on any atom is 0.416 e. The van der Waals surface area contributed by atoms with E-state index in [0.29, 0.717) is 37.2 Å². The second kappa shape index (κ2) is 13.7. The number of alkyl halides is 6. The van der Waals surface area contributed by atoms with Crippen molar-refractivity contribution in [3.8, 4) is 28.6 Å². The van der Waals surface area contributed by atoms with Gasteiger partial charge in [-0.15, -0.1) is 10.2 Å². The molecule has 1 N–H and O–H groups in total. The lowest BCUT2D eigenvalue weighted by molar-refractivity contribution is -0.138. The number of hydrogen-bond donors (Lipinski definition) is 1. The zero-order valence-electron chi connectivity index (χ0n) is 27.1. The number of nitrogens with one attached hydrogen (secondary N) is 1. The summed E-state index contributed by atoms with van der Waals surface area (Å²) in [6.07, 6.45) is -7.53. The fourth-order valence-corrected chi connectivity index (χ4v) is 6.26. The standard InChI is InChI=1S/C34H32F6N8O2/c1-20-16-47(9-10-50-20)17-21-11-26-27(28(12-21)34(38,39)40)18-48(32(26)49)30-14-22(13-29(44-30)42-8-4-3-7-41)25-15-23(33(35,36)37)5-6-24(25)31-45-43-19-46(31)2/h5-6,11-15,19-20H,3-4,8-10,16-18H2,1-2H3,(H,42,44)/t20-/m1/s1. The summed E-state index contributed by atoms with van der Waals surface area (Å²) in [5.74, 6) is -0.374. The quantitative estimate of drug-likeness (QED) is 0.152. The number of nitriles is 1. The van der Waals surface area contributed by atoms with Crippen LogP contribution in [0.1, 0.15) is 52.4 Å². The van der Waals surface area contributed by atoms with Crippen LogP contribution in [0.4, 0.5) is 38.0 Å². The summed E-state index contributed by atoms with van der Waals surface area (Å²) in [5, 5.41) is 19.9. The number of unbranched alkanes of at least 4 members (excludes halogenated alkanes) is 1. The number of morpholine rings is 1. The van der Waals surface area contributed by atoms with E-state index in [-0.39, 0.29) is 65.3 Å². The van der Waals surface area contributed by atoms with Crippen molar-refractivity contribution in [2.45, 2.75) is 51.3 Å². The Morgan fingerprint density at radius 1 is 1.04 bits per heavy atom. The van der Waals surface area contributed by atoms with Crippen LogP contribution in [-0.2, 0) is 37.2 Å². The van der Waals surface area contributed by atoms with Crippen molar-refractivity contribution >= 4 is 17.5 Å². The lowest BCUT2D eigenvalue weighted by Gasteiger charge is -2.31. The van der Waals surface area contributed by atoms with Crippen LogP contribution in [0.15, 0.2) is 48.8 Å². The van der Waals surface area contributed by atoms with Crippen molar-refractivity contribution in [1.82, 2.24) is 24.6 Å². The van der Waals surface area contributed by atoms with E-state index in [1.54, 1.807) is 7.05 Å². The van der Waals surface area contributed by atoms with Gasteiger partial charge in [-0.3, -0.25) is 14.6 Å². The molecule has 4 heterocycles. The molecule has 16 heteroatoms. The predicted molar refractivity (Wildman–Crippen MR) is 171 cm³/mol. The van der Waals surface area contributed by atoms with Gasteiger partial charge in [-0.2, -0.15) is 31.6 Å². The summed E-state index contributed by atoms with van der Waals surface area (Å²) < 4.78 is 92.5. The Morgan fingerprint density at radius 3 is 2.52 bits per heavy atom. The van der Waals surface area contributed by atoms with Gasteiger partial charge in [0.25, 0.3) is 5.91 Å². The van der Waals surface area contributed by atoms with E-state index >= 15 is 0 Å². The minimum atomic E-state index is -4.76. The van der Waals surface area contributed by atoms with Crippen LogP contribution in [0, 0.1) is 11.3 Å². The number of carbonyl (C=O) groups excluding carboxylic acids is 1. The molecule has 262 valence electrons. The maximum absolute atomic E-state index is 14.5. The number of halogens is 6. The van der Waals surface area contributed by atoms with Crippen LogP contribution in [0.25, 0.3) is 22.5 Å². The highest BCUT2D eigenvalue weighted by Gasteiger charge is 2.41. The van der Waals surface area contributed by atoms with Crippen LogP contribution in [0.3, 0.4) is 0 Å². The molecule has 4 aromatic rings.